The van der Waals surface area contributed by atoms with Crippen LogP contribution < -0.4 is 10.6 Å². The average molecular weight is 258 g/mol. The smallest absolute Gasteiger partial charge is 0.253 e. The van der Waals surface area contributed by atoms with Gasteiger partial charge in [0.25, 0.3) is 5.91 Å². The minimum atomic E-state index is -0.0702. The van der Waals surface area contributed by atoms with E-state index in [9.17, 15) is 4.79 Å². The first-order chi connectivity index (χ1) is 9.22. The van der Waals surface area contributed by atoms with Crippen LogP contribution >= 0.6 is 0 Å². The summed E-state index contributed by atoms with van der Waals surface area (Å²) in [5, 5.41) is 5.92. The highest BCUT2D eigenvalue weighted by Crippen LogP contribution is 2.13. The molecule has 0 saturated carbocycles. The second-order valence-electron chi connectivity index (χ2n) is 4.26. The highest BCUT2D eigenvalue weighted by molar-refractivity contribution is 5.99. The van der Waals surface area contributed by atoms with Crippen LogP contribution in [0.15, 0.2) is 36.7 Å². The Hall–Kier alpha value is -2.30. The van der Waals surface area contributed by atoms with Crippen molar-refractivity contribution in [3.63, 3.8) is 0 Å². The molecule has 2 aromatic rings. The number of aryl methyl sites for hydroxylation is 1. The zero-order valence-corrected chi connectivity index (χ0v) is 11.2. The quantitative estimate of drug-likeness (QED) is 0.853. The number of rotatable bonds is 5. The molecule has 1 aromatic heterocycles. The lowest BCUT2D eigenvalue weighted by Gasteiger charge is -2.09. The third-order valence-electron chi connectivity index (χ3n) is 3.00. The molecule has 2 N–H and O–H groups in total. The maximum Gasteiger partial charge on any atom is 0.253 e. The van der Waals surface area contributed by atoms with Gasteiger partial charge in [-0.1, -0.05) is 12.1 Å². The van der Waals surface area contributed by atoms with Crippen molar-refractivity contribution in [3.8, 4) is 0 Å². The molecule has 5 nitrogen and oxygen atoms in total. The fraction of sp³-hybridized carbons (Fsp3) is 0.286. The van der Waals surface area contributed by atoms with E-state index in [-0.39, 0.29) is 5.91 Å². The van der Waals surface area contributed by atoms with Gasteiger partial charge in [-0.05, 0) is 12.1 Å². The van der Waals surface area contributed by atoms with Crippen molar-refractivity contribution in [2.45, 2.75) is 6.42 Å². The first-order valence-electron chi connectivity index (χ1n) is 6.23. The largest absolute Gasteiger partial charge is 0.387 e. The predicted molar refractivity (Wildman–Crippen MR) is 75.2 cm³/mol. The maximum absolute atomic E-state index is 12.1. The molecule has 100 valence electrons. The summed E-state index contributed by atoms with van der Waals surface area (Å²) in [4.78, 5) is 16.3. The van der Waals surface area contributed by atoms with Crippen LogP contribution in [-0.2, 0) is 13.5 Å². The van der Waals surface area contributed by atoms with Crippen molar-refractivity contribution in [2.24, 2.45) is 7.05 Å². The summed E-state index contributed by atoms with van der Waals surface area (Å²) in [6, 6.07) is 7.45. The van der Waals surface area contributed by atoms with Crippen LogP contribution in [0, 0.1) is 0 Å². The van der Waals surface area contributed by atoms with Crippen molar-refractivity contribution in [1.29, 1.82) is 0 Å². The number of carbonyl (C=O) groups is 1. The molecule has 19 heavy (non-hydrogen) atoms. The minimum Gasteiger partial charge on any atom is -0.387 e. The van der Waals surface area contributed by atoms with E-state index in [0.29, 0.717) is 12.1 Å². The number of nitrogens with one attached hydrogen (secondary N) is 2. The second kappa shape index (κ2) is 6.04. The van der Waals surface area contributed by atoms with E-state index in [0.717, 1.165) is 17.9 Å². The van der Waals surface area contributed by atoms with Crippen molar-refractivity contribution in [3.05, 3.63) is 48.0 Å². The molecule has 0 aliphatic carbocycles. The van der Waals surface area contributed by atoms with Crippen molar-refractivity contribution in [2.75, 3.05) is 18.9 Å². The van der Waals surface area contributed by atoms with Crippen molar-refractivity contribution in [1.82, 2.24) is 14.9 Å². The third kappa shape index (κ3) is 3.13. The number of hydrogen-bond donors (Lipinski definition) is 2. The van der Waals surface area contributed by atoms with E-state index < -0.39 is 0 Å². The van der Waals surface area contributed by atoms with Gasteiger partial charge >= 0.3 is 0 Å². The van der Waals surface area contributed by atoms with Gasteiger partial charge in [-0.3, -0.25) is 4.79 Å². The van der Waals surface area contributed by atoms with Crippen LogP contribution in [0.25, 0.3) is 0 Å². The Labute approximate surface area is 112 Å². The molecule has 1 heterocycles. The molecule has 0 spiro atoms. The van der Waals surface area contributed by atoms with Gasteiger partial charge in [-0.2, -0.15) is 0 Å². The number of para-hydroxylation sites is 1. The topological polar surface area (TPSA) is 59.0 Å². The van der Waals surface area contributed by atoms with Crippen LogP contribution in [0.5, 0.6) is 0 Å². The number of carbonyl (C=O) groups excluding carboxylic acids is 1. The summed E-state index contributed by atoms with van der Waals surface area (Å²) in [6.45, 7) is 0.571. The molecule has 0 bridgehead atoms. The maximum atomic E-state index is 12.1. The molecule has 0 radical (unpaired) electrons. The number of imidazole rings is 1. The van der Waals surface area contributed by atoms with Gasteiger partial charge in [-0.15, -0.1) is 0 Å². The number of amides is 1. The van der Waals surface area contributed by atoms with Gasteiger partial charge in [0.2, 0.25) is 0 Å². The summed E-state index contributed by atoms with van der Waals surface area (Å²) >= 11 is 0. The lowest BCUT2D eigenvalue weighted by molar-refractivity contribution is 0.0954. The molecule has 0 fully saturated rings. The fourth-order valence-electron chi connectivity index (χ4n) is 1.92. The Balaban J connectivity index is 1.93. The number of nitrogens with zero attached hydrogens (tertiary/aromatic N) is 2. The van der Waals surface area contributed by atoms with Crippen LogP contribution in [0.1, 0.15) is 16.2 Å². The number of anilines is 1. The number of benzene rings is 1. The molecule has 0 aliphatic heterocycles. The van der Waals surface area contributed by atoms with E-state index in [1.165, 1.54) is 0 Å². The van der Waals surface area contributed by atoms with Crippen LogP contribution in [0.3, 0.4) is 0 Å². The van der Waals surface area contributed by atoms with Crippen LogP contribution in [0.2, 0.25) is 0 Å². The highest BCUT2D eigenvalue weighted by Gasteiger charge is 2.09. The Kier molecular flexibility index (Phi) is 4.18. The summed E-state index contributed by atoms with van der Waals surface area (Å²) < 4.78 is 1.95. The first-order valence-corrected chi connectivity index (χ1v) is 6.23. The predicted octanol–water partition coefficient (Wildman–Crippen LogP) is 1.43. The molecular formula is C14H18N4O. The van der Waals surface area contributed by atoms with E-state index >= 15 is 0 Å². The van der Waals surface area contributed by atoms with Gasteiger partial charge in [-0.25, -0.2) is 4.98 Å². The SMILES string of the molecule is CNc1ccccc1C(=O)NCCc1nccn1C. The van der Waals surface area contributed by atoms with E-state index in [1.54, 1.807) is 13.2 Å². The van der Waals surface area contributed by atoms with Gasteiger partial charge < -0.3 is 15.2 Å². The standard InChI is InChI=1S/C14H18N4O/c1-15-12-6-4-3-5-11(12)14(19)17-8-7-13-16-9-10-18(13)2/h3-6,9-10,15H,7-8H2,1-2H3,(H,17,19). The highest BCUT2D eigenvalue weighted by atomic mass is 16.1. The van der Waals surface area contributed by atoms with Gasteiger partial charge in [0.15, 0.2) is 0 Å². The van der Waals surface area contributed by atoms with E-state index in [2.05, 4.69) is 15.6 Å². The lowest BCUT2D eigenvalue weighted by Crippen LogP contribution is -2.27. The number of aromatic nitrogens is 2. The van der Waals surface area contributed by atoms with E-state index in [1.807, 2.05) is 42.1 Å². The normalized spacial score (nSPS) is 10.2. The van der Waals surface area contributed by atoms with Gasteiger partial charge in [0.05, 0.1) is 5.56 Å². The molecule has 1 amide bonds. The van der Waals surface area contributed by atoms with Crippen LogP contribution in [-0.4, -0.2) is 29.1 Å². The lowest BCUT2D eigenvalue weighted by atomic mass is 10.1. The molecule has 0 atom stereocenters. The Bertz CT molecular complexity index is 562. The van der Waals surface area contributed by atoms with Crippen LogP contribution in [0.4, 0.5) is 5.69 Å². The molecular weight excluding hydrogens is 240 g/mol. The molecule has 0 aliphatic rings. The molecule has 0 unspecified atom stereocenters. The minimum absolute atomic E-state index is 0.0702. The second-order valence-corrected chi connectivity index (χ2v) is 4.26. The Morgan fingerprint density at radius 2 is 2.16 bits per heavy atom. The zero-order valence-electron chi connectivity index (χ0n) is 11.2. The van der Waals surface area contributed by atoms with Crippen molar-refractivity contribution >= 4 is 11.6 Å². The zero-order chi connectivity index (χ0) is 13.7. The molecule has 5 heteroatoms. The summed E-state index contributed by atoms with van der Waals surface area (Å²) in [5.41, 5.74) is 1.49. The Morgan fingerprint density at radius 3 is 2.84 bits per heavy atom. The fourth-order valence-corrected chi connectivity index (χ4v) is 1.92. The third-order valence-corrected chi connectivity index (χ3v) is 3.00. The number of hydrogen-bond acceptors (Lipinski definition) is 3. The average Bonchev–Trinajstić information content (AvgIpc) is 2.84. The molecule has 0 saturated heterocycles. The monoisotopic (exact) mass is 258 g/mol. The summed E-state index contributed by atoms with van der Waals surface area (Å²) in [5.74, 6) is 0.890. The van der Waals surface area contributed by atoms with Gasteiger partial charge in [0.1, 0.15) is 5.82 Å². The first kappa shape index (κ1) is 13.1. The van der Waals surface area contributed by atoms with Gasteiger partial charge in [0, 0.05) is 45.1 Å². The molecule has 1 aromatic carbocycles. The summed E-state index contributed by atoms with van der Waals surface area (Å²) in [6.07, 6.45) is 4.37. The summed E-state index contributed by atoms with van der Waals surface area (Å²) in [7, 11) is 3.75. The Morgan fingerprint density at radius 1 is 1.37 bits per heavy atom. The van der Waals surface area contributed by atoms with E-state index in [4.69, 9.17) is 0 Å². The molecule has 2 rings (SSSR count). The van der Waals surface area contributed by atoms with Crippen molar-refractivity contribution < 1.29 is 4.79 Å².